The van der Waals surface area contributed by atoms with Gasteiger partial charge in [0.15, 0.2) is 5.69 Å². The average molecular weight is 237 g/mol. The van der Waals surface area contributed by atoms with Gasteiger partial charge in [-0.15, -0.1) is 0 Å². The number of aromatic nitrogens is 2. The van der Waals surface area contributed by atoms with Crippen LogP contribution >= 0.6 is 0 Å². The van der Waals surface area contributed by atoms with Crippen molar-refractivity contribution in [1.82, 2.24) is 15.1 Å². The first kappa shape index (κ1) is 12.0. The standard InChI is InChI=1S/C12H19N3O2/c1-3-4-6-13-11(16)10-9(2)12-15(14-10)7-5-8-17-12/h3-8H2,1-2H3,(H,13,16). The predicted octanol–water partition coefficient (Wildman–Crippen LogP) is 1.50. The van der Waals surface area contributed by atoms with Crippen LogP contribution < -0.4 is 10.1 Å². The SMILES string of the molecule is CCCCNC(=O)c1nn2c(c1C)OCCC2. The molecule has 0 aliphatic carbocycles. The second kappa shape index (κ2) is 5.21. The molecule has 0 aromatic carbocycles. The van der Waals surface area contributed by atoms with Gasteiger partial charge in [0.2, 0.25) is 5.88 Å². The molecule has 2 heterocycles. The van der Waals surface area contributed by atoms with Crippen molar-refractivity contribution < 1.29 is 9.53 Å². The summed E-state index contributed by atoms with van der Waals surface area (Å²) in [6, 6.07) is 0. The highest BCUT2D eigenvalue weighted by molar-refractivity contribution is 5.94. The number of aryl methyl sites for hydroxylation is 1. The first-order chi connectivity index (χ1) is 8.24. The van der Waals surface area contributed by atoms with Crippen molar-refractivity contribution in [1.29, 1.82) is 0 Å². The largest absolute Gasteiger partial charge is 0.478 e. The molecule has 0 atom stereocenters. The minimum Gasteiger partial charge on any atom is -0.478 e. The van der Waals surface area contributed by atoms with Crippen molar-refractivity contribution in [2.45, 2.75) is 39.7 Å². The molecule has 2 rings (SSSR count). The van der Waals surface area contributed by atoms with E-state index in [0.29, 0.717) is 18.8 Å². The molecule has 5 heteroatoms. The van der Waals surface area contributed by atoms with E-state index in [4.69, 9.17) is 4.74 Å². The molecule has 0 saturated heterocycles. The van der Waals surface area contributed by atoms with Crippen LogP contribution in [-0.4, -0.2) is 28.8 Å². The summed E-state index contributed by atoms with van der Waals surface area (Å²) in [5, 5.41) is 7.19. The molecule has 1 aliphatic rings. The highest BCUT2D eigenvalue weighted by Crippen LogP contribution is 2.24. The fraction of sp³-hybridized carbons (Fsp3) is 0.667. The number of carbonyl (C=O) groups is 1. The summed E-state index contributed by atoms with van der Waals surface area (Å²) in [5.74, 6) is 0.651. The van der Waals surface area contributed by atoms with Crippen LogP contribution in [0.4, 0.5) is 0 Å². The lowest BCUT2D eigenvalue weighted by molar-refractivity contribution is 0.0946. The predicted molar refractivity (Wildman–Crippen MR) is 64.3 cm³/mol. The number of hydrogen-bond acceptors (Lipinski definition) is 3. The molecule has 1 aromatic rings. The topological polar surface area (TPSA) is 56.2 Å². The molecular weight excluding hydrogens is 218 g/mol. The molecule has 1 aromatic heterocycles. The summed E-state index contributed by atoms with van der Waals surface area (Å²) in [5.41, 5.74) is 1.34. The summed E-state index contributed by atoms with van der Waals surface area (Å²) in [6.07, 6.45) is 3.02. The van der Waals surface area contributed by atoms with Gasteiger partial charge in [0.05, 0.1) is 6.61 Å². The first-order valence-corrected chi connectivity index (χ1v) is 6.22. The Balaban J connectivity index is 2.10. The Morgan fingerprint density at radius 2 is 2.41 bits per heavy atom. The monoisotopic (exact) mass is 237 g/mol. The van der Waals surface area contributed by atoms with Crippen LogP contribution in [-0.2, 0) is 6.54 Å². The number of carbonyl (C=O) groups excluding carboxylic acids is 1. The molecule has 5 nitrogen and oxygen atoms in total. The maximum atomic E-state index is 11.9. The van der Waals surface area contributed by atoms with Gasteiger partial charge >= 0.3 is 0 Å². The summed E-state index contributed by atoms with van der Waals surface area (Å²) in [4.78, 5) is 11.9. The zero-order valence-corrected chi connectivity index (χ0v) is 10.5. The second-order valence-electron chi connectivity index (χ2n) is 4.31. The molecule has 0 saturated carbocycles. The quantitative estimate of drug-likeness (QED) is 0.807. The lowest BCUT2D eigenvalue weighted by Crippen LogP contribution is -2.25. The number of ether oxygens (including phenoxy) is 1. The molecule has 0 fully saturated rings. The average Bonchev–Trinajstić information content (AvgIpc) is 2.68. The number of hydrogen-bond donors (Lipinski definition) is 1. The van der Waals surface area contributed by atoms with Crippen molar-refractivity contribution >= 4 is 5.91 Å². The number of unbranched alkanes of at least 4 members (excludes halogenated alkanes) is 1. The zero-order chi connectivity index (χ0) is 12.3. The summed E-state index contributed by atoms with van der Waals surface area (Å²) >= 11 is 0. The van der Waals surface area contributed by atoms with Gasteiger partial charge in [-0.3, -0.25) is 4.79 Å². The smallest absolute Gasteiger partial charge is 0.272 e. The van der Waals surface area contributed by atoms with Gasteiger partial charge in [-0.25, -0.2) is 4.68 Å². The van der Waals surface area contributed by atoms with Crippen molar-refractivity contribution in [2.24, 2.45) is 0 Å². The first-order valence-electron chi connectivity index (χ1n) is 6.22. The molecule has 1 aliphatic heterocycles. The van der Waals surface area contributed by atoms with Gasteiger partial charge in [0, 0.05) is 25.1 Å². The summed E-state index contributed by atoms with van der Waals surface area (Å²) < 4.78 is 7.32. The summed E-state index contributed by atoms with van der Waals surface area (Å²) in [7, 11) is 0. The van der Waals surface area contributed by atoms with E-state index in [1.54, 1.807) is 4.68 Å². The van der Waals surface area contributed by atoms with Crippen LogP contribution in [0.15, 0.2) is 0 Å². The number of nitrogens with one attached hydrogen (secondary N) is 1. The lowest BCUT2D eigenvalue weighted by atomic mass is 10.2. The van der Waals surface area contributed by atoms with Crippen molar-refractivity contribution in [3.05, 3.63) is 11.3 Å². The van der Waals surface area contributed by atoms with E-state index < -0.39 is 0 Å². The fourth-order valence-corrected chi connectivity index (χ4v) is 1.93. The maximum Gasteiger partial charge on any atom is 0.272 e. The second-order valence-corrected chi connectivity index (χ2v) is 4.31. The Kier molecular flexibility index (Phi) is 3.66. The summed E-state index contributed by atoms with van der Waals surface area (Å²) in [6.45, 7) is 6.24. The van der Waals surface area contributed by atoms with E-state index in [9.17, 15) is 4.79 Å². The van der Waals surface area contributed by atoms with Gasteiger partial charge in [-0.1, -0.05) is 13.3 Å². The van der Waals surface area contributed by atoms with E-state index in [1.165, 1.54) is 0 Å². The van der Waals surface area contributed by atoms with Gasteiger partial charge in [0.1, 0.15) is 0 Å². The maximum absolute atomic E-state index is 11.9. The van der Waals surface area contributed by atoms with E-state index in [1.807, 2.05) is 6.92 Å². The van der Waals surface area contributed by atoms with Gasteiger partial charge < -0.3 is 10.1 Å². The lowest BCUT2D eigenvalue weighted by Gasteiger charge is -2.14. The van der Waals surface area contributed by atoms with Crippen LogP contribution in [0.1, 0.15) is 42.2 Å². The Hall–Kier alpha value is -1.52. The van der Waals surface area contributed by atoms with E-state index >= 15 is 0 Å². The molecule has 0 bridgehead atoms. The Morgan fingerprint density at radius 1 is 1.59 bits per heavy atom. The van der Waals surface area contributed by atoms with Crippen LogP contribution in [0.3, 0.4) is 0 Å². The Morgan fingerprint density at radius 3 is 3.12 bits per heavy atom. The number of rotatable bonds is 4. The van der Waals surface area contributed by atoms with Crippen molar-refractivity contribution in [3.63, 3.8) is 0 Å². The molecule has 17 heavy (non-hydrogen) atoms. The number of nitrogens with zero attached hydrogens (tertiary/aromatic N) is 2. The van der Waals surface area contributed by atoms with Gasteiger partial charge in [-0.2, -0.15) is 5.10 Å². The molecular formula is C12H19N3O2. The van der Waals surface area contributed by atoms with Crippen LogP contribution in [0, 0.1) is 6.92 Å². The third-order valence-corrected chi connectivity index (χ3v) is 2.92. The highest BCUT2D eigenvalue weighted by atomic mass is 16.5. The van der Waals surface area contributed by atoms with E-state index in [0.717, 1.165) is 37.3 Å². The van der Waals surface area contributed by atoms with Crippen LogP contribution in [0.5, 0.6) is 5.88 Å². The zero-order valence-electron chi connectivity index (χ0n) is 10.5. The molecule has 1 amide bonds. The highest BCUT2D eigenvalue weighted by Gasteiger charge is 2.22. The fourth-order valence-electron chi connectivity index (χ4n) is 1.93. The number of fused-ring (bicyclic) bond motifs is 1. The van der Waals surface area contributed by atoms with E-state index in [-0.39, 0.29) is 5.91 Å². The minimum atomic E-state index is -0.0959. The number of amides is 1. The molecule has 1 N–H and O–H groups in total. The van der Waals surface area contributed by atoms with Gasteiger partial charge in [0.25, 0.3) is 5.91 Å². The third-order valence-electron chi connectivity index (χ3n) is 2.92. The molecule has 94 valence electrons. The normalized spacial score (nSPS) is 14.0. The Labute approximate surface area is 101 Å². The van der Waals surface area contributed by atoms with Gasteiger partial charge in [-0.05, 0) is 13.3 Å². The molecule has 0 radical (unpaired) electrons. The van der Waals surface area contributed by atoms with Crippen LogP contribution in [0.25, 0.3) is 0 Å². The van der Waals surface area contributed by atoms with Crippen molar-refractivity contribution in [2.75, 3.05) is 13.2 Å². The third kappa shape index (κ3) is 2.43. The molecule has 0 spiro atoms. The minimum absolute atomic E-state index is 0.0959. The Bertz CT molecular complexity index is 412. The van der Waals surface area contributed by atoms with E-state index in [2.05, 4.69) is 17.3 Å². The van der Waals surface area contributed by atoms with Crippen LogP contribution in [0.2, 0.25) is 0 Å². The molecule has 0 unspecified atom stereocenters. The van der Waals surface area contributed by atoms with Crippen molar-refractivity contribution in [3.8, 4) is 5.88 Å².